The summed E-state index contributed by atoms with van der Waals surface area (Å²) in [6.07, 6.45) is 9.09. The number of hydrogen-bond donors (Lipinski definition) is 5. The first-order chi connectivity index (χ1) is 25.0. The van der Waals surface area contributed by atoms with Crippen LogP contribution in [0.3, 0.4) is 0 Å². The number of likely N-dealkylation sites (tertiary alicyclic amines) is 1. The third-order valence-electron chi connectivity index (χ3n) is 9.93. The standard InChI is InChI=1S/C38H43N4O8PS/c39-35(43)32(20-24-16-17-25-9-1-2-10-26(25)19-24)40-36(44)34-15-7-8-18-42(34)37(45)33(22-52-23-51(47,48)49)41-38(46)50-21-31-29-13-5-3-11-27(29)28-12-4-6-14-30(28)31/h1-6,9-14,16-17,19,27,29,31-34H,7-8,15,18,20-23H2,(H2,39,43)(H,40,44)(H,41,46)(H2,47,48,49)/t27?,29?,31?,32-,33-,34-/m0/s1. The van der Waals surface area contributed by atoms with Crippen LogP contribution in [0, 0.1) is 5.92 Å². The van der Waals surface area contributed by atoms with Crippen molar-refractivity contribution in [3.8, 4) is 0 Å². The zero-order valence-corrected chi connectivity index (χ0v) is 30.2. The Labute approximate surface area is 306 Å². The molecule has 1 aliphatic heterocycles. The number of fused-ring (bicyclic) bond motifs is 4. The summed E-state index contributed by atoms with van der Waals surface area (Å²) in [6.45, 7) is 0.264. The monoisotopic (exact) mass is 746 g/mol. The molecule has 3 aromatic carbocycles. The van der Waals surface area contributed by atoms with E-state index in [9.17, 15) is 33.5 Å². The molecule has 0 aromatic heterocycles. The molecule has 0 radical (unpaired) electrons. The number of nitrogens with zero attached hydrogens (tertiary/aromatic N) is 1. The fraction of sp³-hybridized carbons (Fsp3) is 0.368. The first kappa shape index (κ1) is 37.3. The molecule has 1 fully saturated rings. The number of nitrogens with one attached hydrogen (secondary N) is 2. The number of carbonyl (C=O) groups is 4. The molecule has 3 unspecified atom stereocenters. The first-order valence-corrected chi connectivity index (χ1v) is 20.3. The average Bonchev–Trinajstić information content (AvgIpc) is 3.45. The Morgan fingerprint density at radius 1 is 0.923 bits per heavy atom. The highest BCUT2D eigenvalue weighted by Gasteiger charge is 2.40. The van der Waals surface area contributed by atoms with Gasteiger partial charge >= 0.3 is 13.7 Å². The minimum atomic E-state index is -4.41. The van der Waals surface area contributed by atoms with Crippen LogP contribution in [0.5, 0.6) is 0 Å². The Balaban J connectivity index is 1.14. The fourth-order valence-corrected chi connectivity index (χ4v) is 9.29. The number of primary amides is 1. The van der Waals surface area contributed by atoms with Gasteiger partial charge < -0.3 is 35.8 Å². The van der Waals surface area contributed by atoms with E-state index in [4.69, 9.17) is 10.5 Å². The minimum absolute atomic E-state index is 0.0547. The average molecular weight is 747 g/mol. The lowest BCUT2D eigenvalue weighted by molar-refractivity contribution is -0.144. The quantitative estimate of drug-likeness (QED) is 0.159. The predicted molar refractivity (Wildman–Crippen MR) is 199 cm³/mol. The molecule has 0 bridgehead atoms. The van der Waals surface area contributed by atoms with Crippen molar-refractivity contribution in [3.63, 3.8) is 0 Å². The maximum atomic E-state index is 14.1. The molecule has 14 heteroatoms. The van der Waals surface area contributed by atoms with Gasteiger partial charge in [-0.2, -0.15) is 0 Å². The van der Waals surface area contributed by atoms with Gasteiger partial charge in [0, 0.05) is 30.6 Å². The summed E-state index contributed by atoms with van der Waals surface area (Å²) in [7, 11) is -4.41. The van der Waals surface area contributed by atoms with Gasteiger partial charge in [0.05, 0.1) is 5.49 Å². The Morgan fingerprint density at radius 2 is 1.65 bits per heavy atom. The number of piperidine rings is 1. The van der Waals surface area contributed by atoms with Gasteiger partial charge in [0.1, 0.15) is 24.7 Å². The van der Waals surface area contributed by atoms with Crippen LogP contribution in [-0.2, 0) is 30.1 Å². The van der Waals surface area contributed by atoms with Crippen LogP contribution >= 0.6 is 19.4 Å². The van der Waals surface area contributed by atoms with Crippen molar-refractivity contribution >= 4 is 53.9 Å². The van der Waals surface area contributed by atoms with Crippen molar-refractivity contribution in [3.05, 3.63) is 108 Å². The highest BCUT2D eigenvalue weighted by Crippen LogP contribution is 2.49. The smallest absolute Gasteiger partial charge is 0.407 e. The van der Waals surface area contributed by atoms with Gasteiger partial charge in [0.2, 0.25) is 17.7 Å². The molecule has 4 amide bonds. The van der Waals surface area contributed by atoms with Gasteiger partial charge in [-0.3, -0.25) is 18.9 Å². The number of benzene rings is 3. The topological polar surface area (TPSA) is 188 Å². The Kier molecular flexibility index (Phi) is 11.8. The number of nitrogens with two attached hydrogens (primary N) is 1. The summed E-state index contributed by atoms with van der Waals surface area (Å²) in [5.74, 6) is -1.86. The van der Waals surface area contributed by atoms with E-state index in [1.807, 2.05) is 72.8 Å². The number of thioether (sulfide) groups is 1. The second-order valence-corrected chi connectivity index (χ2v) is 16.6. The number of ether oxygens (including phenoxy) is 1. The molecule has 52 heavy (non-hydrogen) atoms. The van der Waals surface area contributed by atoms with E-state index in [2.05, 4.69) is 28.9 Å². The first-order valence-electron chi connectivity index (χ1n) is 17.4. The molecular weight excluding hydrogens is 703 g/mol. The SMILES string of the molecule is NC(=O)[C@H](Cc1ccc2ccccc2c1)NC(=O)[C@@H]1CCCCN1C(=O)[C@H](CSCP(=O)(O)O)NC(=O)OCC1c2ccccc2C2C=CC=CC21. The molecule has 0 saturated carbocycles. The zero-order chi connectivity index (χ0) is 36.8. The normalized spacial score (nSPS) is 21.8. The van der Waals surface area contributed by atoms with Gasteiger partial charge in [-0.25, -0.2) is 4.79 Å². The van der Waals surface area contributed by atoms with Crippen molar-refractivity contribution in [1.29, 1.82) is 0 Å². The molecular formula is C38H43N4O8PS. The molecule has 3 aromatic rings. The number of rotatable bonds is 13. The van der Waals surface area contributed by atoms with Crippen molar-refractivity contribution in [2.24, 2.45) is 11.7 Å². The van der Waals surface area contributed by atoms with Crippen LogP contribution in [0.15, 0.2) is 91.0 Å². The number of hydrogen-bond acceptors (Lipinski definition) is 7. The summed E-state index contributed by atoms with van der Waals surface area (Å²) in [5, 5.41) is 7.39. The molecule has 1 saturated heterocycles. The Morgan fingerprint density at radius 3 is 2.42 bits per heavy atom. The van der Waals surface area contributed by atoms with E-state index in [-0.39, 0.29) is 43.1 Å². The van der Waals surface area contributed by atoms with Gasteiger partial charge in [0.25, 0.3) is 0 Å². The van der Waals surface area contributed by atoms with Crippen molar-refractivity contribution in [1.82, 2.24) is 15.5 Å². The van der Waals surface area contributed by atoms with Crippen LogP contribution < -0.4 is 16.4 Å². The summed E-state index contributed by atoms with van der Waals surface area (Å²) in [4.78, 5) is 74.0. The van der Waals surface area contributed by atoms with Crippen molar-refractivity contribution in [2.75, 3.05) is 24.4 Å². The second-order valence-electron chi connectivity index (χ2n) is 13.5. The van der Waals surface area contributed by atoms with Gasteiger partial charge in [0.15, 0.2) is 0 Å². The molecule has 6 N–H and O–H groups in total. The maximum Gasteiger partial charge on any atom is 0.407 e. The minimum Gasteiger partial charge on any atom is -0.449 e. The van der Waals surface area contributed by atoms with Crippen LogP contribution in [0.4, 0.5) is 4.79 Å². The summed E-state index contributed by atoms with van der Waals surface area (Å²) in [6, 6.07) is 18.3. The zero-order valence-electron chi connectivity index (χ0n) is 28.5. The van der Waals surface area contributed by atoms with E-state index < -0.39 is 55.0 Å². The molecule has 12 nitrogen and oxygen atoms in total. The third-order valence-corrected chi connectivity index (χ3v) is 12.6. The molecule has 1 heterocycles. The fourth-order valence-electron chi connectivity index (χ4n) is 7.45. The Bertz CT molecular complexity index is 1930. The van der Waals surface area contributed by atoms with E-state index in [0.717, 1.165) is 33.7 Å². The second kappa shape index (κ2) is 16.5. The van der Waals surface area contributed by atoms with Crippen LogP contribution in [0.2, 0.25) is 0 Å². The van der Waals surface area contributed by atoms with E-state index >= 15 is 0 Å². The summed E-state index contributed by atoms with van der Waals surface area (Å²) in [5.41, 5.74) is 8.23. The van der Waals surface area contributed by atoms with E-state index in [0.29, 0.717) is 19.3 Å². The molecule has 2 aliphatic carbocycles. The van der Waals surface area contributed by atoms with Gasteiger partial charge in [-0.05, 0) is 52.6 Å². The van der Waals surface area contributed by atoms with Crippen molar-refractivity contribution < 1.29 is 38.3 Å². The third kappa shape index (κ3) is 8.95. The number of carbonyl (C=O) groups excluding carboxylic acids is 4. The molecule has 6 atom stereocenters. The predicted octanol–water partition coefficient (Wildman–Crippen LogP) is 4.32. The lowest BCUT2D eigenvalue weighted by atomic mass is 9.84. The van der Waals surface area contributed by atoms with Crippen LogP contribution in [0.25, 0.3) is 10.8 Å². The number of amides is 4. The molecule has 0 spiro atoms. The molecule has 6 rings (SSSR count). The van der Waals surface area contributed by atoms with Gasteiger partial charge in [-0.1, -0.05) is 91.0 Å². The Hall–Kier alpha value is -4.42. The number of alkyl carbamates (subject to hydrolysis) is 1. The summed E-state index contributed by atoms with van der Waals surface area (Å²) < 4.78 is 17.3. The molecule has 3 aliphatic rings. The van der Waals surface area contributed by atoms with Crippen LogP contribution in [0.1, 0.15) is 47.8 Å². The lowest BCUT2D eigenvalue weighted by Crippen LogP contribution is -2.60. The number of allylic oxidation sites excluding steroid dienone is 4. The van der Waals surface area contributed by atoms with Crippen molar-refractivity contribution in [2.45, 2.75) is 55.6 Å². The van der Waals surface area contributed by atoms with E-state index in [1.165, 1.54) is 10.5 Å². The van der Waals surface area contributed by atoms with Gasteiger partial charge in [-0.15, -0.1) is 11.8 Å². The lowest BCUT2D eigenvalue weighted by Gasteiger charge is -2.37. The molecule has 274 valence electrons. The largest absolute Gasteiger partial charge is 0.449 e. The maximum absolute atomic E-state index is 14.1. The van der Waals surface area contributed by atoms with E-state index in [1.54, 1.807) is 0 Å². The highest BCUT2D eigenvalue weighted by molar-refractivity contribution is 8.04. The highest BCUT2D eigenvalue weighted by atomic mass is 32.2. The summed E-state index contributed by atoms with van der Waals surface area (Å²) >= 11 is 0.818. The van der Waals surface area contributed by atoms with Crippen LogP contribution in [-0.4, -0.2) is 81.0 Å².